The Kier molecular flexibility index (Phi) is 7.17. The summed E-state index contributed by atoms with van der Waals surface area (Å²) in [5.41, 5.74) is 0.354. The number of carbonyl (C=O) groups excluding carboxylic acids is 2. The molecule has 0 saturated heterocycles. The number of ether oxygens (including phenoxy) is 2. The summed E-state index contributed by atoms with van der Waals surface area (Å²) in [4.78, 5) is 24.0. The summed E-state index contributed by atoms with van der Waals surface area (Å²) in [6, 6.07) is 2.54. The maximum absolute atomic E-state index is 12.3. The summed E-state index contributed by atoms with van der Waals surface area (Å²) in [6.07, 6.45) is 0.841. The summed E-state index contributed by atoms with van der Waals surface area (Å²) in [5, 5.41) is 5.38. The van der Waals surface area contributed by atoms with Crippen LogP contribution in [0.3, 0.4) is 0 Å². The molecule has 0 heterocycles. The fraction of sp³-hybridized carbons (Fsp3) is 0.467. The number of hydrogen-bond acceptors (Lipinski definition) is 4. The quantitative estimate of drug-likeness (QED) is 0.768. The van der Waals surface area contributed by atoms with Crippen molar-refractivity contribution in [2.24, 2.45) is 0 Å². The number of methoxy groups -OCH3 is 2. The van der Waals surface area contributed by atoms with Crippen molar-refractivity contribution in [3.8, 4) is 11.5 Å². The zero-order valence-corrected chi connectivity index (χ0v) is 14.7. The molecule has 6 nitrogen and oxygen atoms in total. The van der Waals surface area contributed by atoms with Crippen molar-refractivity contribution >= 4 is 27.7 Å². The lowest BCUT2D eigenvalue weighted by molar-refractivity contribution is -0.122. The molecule has 1 aromatic rings. The zero-order chi connectivity index (χ0) is 16.7. The molecule has 0 unspecified atom stereocenters. The van der Waals surface area contributed by atoms with Gasteiger partial charge in [-0.3, -0.25) is 9.59 Å². The second-order valence-electron chi connectivity index (χ2n) is 4.68. The Bertz CT molecular complexity index is 523. The highest BCUT2D eigenvalue weighted by Crippen LogP contribution is 2.35. The third-order valence-corrected chi connectivity index (χ3v) is 3.78. The highest BCUT2D eigenvalue weighted by atomic mass is 79.9. The average Bonchev–Trinajstić information content (AvgIpc) is 2.52. The van der Waals surface area contributed by atoms with E-state index < -0.39 is 6.04 Å². The predicted molar refractivity (Wildman–Crippen MR) is 87.5 cm³/mol. The molecule has 0 bridgehead atoms. The molecule has 0 saturated carbocycles. The van der Waals surface area contributed by atoms with Gasteiger partial charge in [-0.25, -0.2) is 0 Å². The Hall–Kier alpha value is -1.76. The van der Waals surface area contributed by atoms with Gasteiger partial charge >= 0.3 is 0 Å². The van der Waals surface area contributed by atoms with Gasteiger partial charge in [0, 0.05) is 12.1 Å². The van der Waals surface area contributed by atoms with E-state index in [-0.39, 0.29) is 11.8 Å². The number of amides is 2. The van der Waals surface area contributed by atoms with Crippen molar-refractivity contribution in [2.45, 2.75) is 26.3 Å². The Morgan fingerprint density at radius 3 is 2.23 bits per heavy atom. The minimum Gasteiger partial charge on any atom is -0.495 e. The SMILES string of the molecule is CCCNC(=O)[C@H](C)NC(=O)c1cc(OC)c(Br)c(OC)c1. The average molecular weight is 373 g/mol. The van der Waals surface area contributed by atoms with E-state index in [1.165, 1.54) is 14.2 Å². The van der Waals surface area contributed by atoms with Crippen molar-refractivity contribution < 1.29 is 19.1 Å². The van der Waals surface area contributed by atoms with Crippen molar-refractivity contribution in [3.63, 3.8) is 0 Å². The highest BCUT2D eigenvalue weighted by molar-refractivity contribution is 9.10. The Balaban J connectivity index is 2.87. The molecule has 0 aliphatic carbocycles. The Morgan fingerprint density at radius 1 is 1.23 bits per heavy atom. The lowest BCUT2D eigenvalue weighted by Gasteiger charge is -2.15. The molecule has 22 heavy (non-hydrogen) atoms. The summed E-state index contributed by atoms with van der Waals surface area (Å²) < 4.78 is 11.0. The van der Waals surface area contributed by atoms with Crippen LogP contribution in [0, 0.1) is 0 Å². The van der Waals surface area contributed by atoms with Gasteiger partial charge in [-0.15, -0.1) is 0 Å². The van der Waals surface area contributed by atoms with E-state index in [1.54, 1.807) is 19.1 Å². The lowest BCUT2D eigenvalue weighted by atomic mass is 10.1. The van der Waals surface area contributed by atoms with Gasteiger partial charge in [-0.05, 0) is 41.4 Å². The molecule has 1 rings (SSSR count). The van der Waals surface area contributed by atoms with E-state index in [0.29, 0.717) is 28.1 Å². The van der Waals surface area contributed by atoms with Crippen LogP contribution in [0.2, 0.25) is 0 Å². The molecule has 2 N–H and O–H groups in total. The predicted octanol–water partition coefficient (Wildman–Crippen LogP) is 2.11. The number of carbonyl (C=O) groups is 2. The van der Waals surface area contributed by atoms with Crippen LogP contribution in [0.1, 0.15) is 30.6 Å². The molecular weight excluding hydrogens is 352 g/mol. The molecule has 0 spiro atoms. The van der Waals surface area contributed by atoms with Crippen LogP contribution in [-0.4, -0.2) is 38.6 Å². The molecule has 0 fully saturated rings. The minimum absolute atomic E-state index is 0.216. The maximum Gasteiger partial charge on any atom is 0.252 e. The lowest BCUT2D eigenvalue weighted by Crippen LogP contribution is -2.45. The first-order valence-corrected chi connectivity index (χ1v) is 7.74. The third-order valence-electron chi connectivity index (χ3n) is 3.00. The monoisotopic (exact) mass is 372 g/mol. The normalized spacial score (nSPS) is 11.5. The van der Waals surface area contributed by atoms with E-state index in [4.69, 9.17) is 9.47 Å². The number of hydrogen-bond donors (Lipinski definition) is 2. The number of halogens is 1. The summed E-state index contributed by atoms with van der Waals surface area (Å²) >= 11 is 3.34. The molecule has 0 radical (unpaired) electrons. The minimum atomic E-state index is -0.625. The van der Waals surface area contributed by atoms with Crippen LogP contribution in [0.25, 0.3) is 0 Å². The first-order valence-electron chi connectivity index (χ1n) is 6.94. The Labute approximate surface area is 138 Å². The third kappa shape index (κ3) is 4.62. The molecule has 122 valence electrons. The summed E-state index contributed by atoms with van der Waals surface area (Å²) in [6.45, 7) is 4.18. The fourth-order valence-corrected chi connectivity index (χ4v) is 2.30. The van der Waals surface area contributed by atoms with Gasteiger partial charge in [0.1, 0.15) is 22.0 Å². The number of benzene rings is 1. The van der Waals surface area contributed by atoms with Gasteiger partial charge in [0.25, 0.3) is 5.91 Å². The van der Waals surface area contributed by atoms with Gasteiger partial charge in [0.2, 0.25) is 5.91 Å². The van der Waals surface area contributed by atoms with Crippen molar-refractivity contribution in [3.05, 3.63) is 22.2 Å². The fourth-order valence-electron chi connectivity index (χ4n) is 1.75. The van der Waals surface area contributed by atoms with E-state index in [2.05, 4.69) is 26.6 Å². The van der Waals surface area contributed by atoms with Crippen molar-refractivity contribution in [2.75, 3.05) is 20.8 Å². The Morgan fingerprint density at radius 2 is 1.77 bits per heavy atom. The molecule has 0 aromatic heterocycles. The zero-order valence-electron chi connectivity index (χ0n) is 13.2. The largest absolute Gasteiger partial charge is 0.495 e. The van der Waals surface area contributed by atoms with Gasteiger partial charge in [-0.1, -0.05) is 6.92 Å². The number of nitrogens with one attached hydrogen (secondary N) is 2. The molecule has 1 aromatic carbocycles. The topological polar surface area (TPSA) is 76.7 Å². The number of rotatable bonds is 7. The van der Waals surface area contributed by atoms with Gasteiger partial charge < -0.3 is 20.1 Å². The van der Waals surface area contributed by atoms with Crippen LogP contribution in [-0.2, 0) is 4.79 Å². The maximum atomic E-state index is 12.3. The van der Waals surface area contributed by atoms with E-state index in [9.17, 15) is 9.59 Å². The van der Waals surface area contributed by atoms with Crippen LogP contribution in [0.5, 0.6) is 11.5 Å². The van der Waals surface area contributed by atoms with Crippen molar-refractivity contribution in [1.29, 1.82) is 0 Å². The highest BCUT2D eigenvalue weighted by Gasteiger charge is 2.19. The molecule has 1 atom stereocenters. The van der Waals surface area contributed by atoms with E-state index >= 15 is 0 Å². The standard InChI is InChI=1S/C15H21BrN2O4/c1-5-6-17-14(19)9(2)18-15(20)10-7-11(21-3)13(16)12(8-10)22-4/h7-9H,5-6H2,1-4H3,(H,17,19)(H,18,20)/t9-/m0/s1. The summed E-state index contributed by atoms with van der Waals surface area (Å²) in [7, 11) is 3.00. The second kappa shape index (κ2) is 8.63. The smallest absolute Gasteiger partial charge is 0.252 e. The van der Waals surface area contributed by atoms with Gasteiger partial charge in [-0.2, -0.15) is 0 Å². The van der Waals surface area contributed by atoms with E-state index in [0.717, 1.165) is 6.42 Å². The molecule has 0 aliphatic rings. The molecular formula is C15H21BrN2O4. The first-order chi connectivity index (χ1) is 10.4. The van der Waals surface area contributed by atoms with Crippen molar-refractivity contribution in [1.82, 2.24) is 10.6 Å². The van der Waals surface area contributed by atoms with Crippen LogP contribution in [0.15, 0.2) is 16.6 Å². The molecule has 7 heteroatoms. The van der Waals surface area contributed by atoms with Gasteiger partial charge in [0.05, 0.1) is 14.2 Å². The molecule has 0 aliphatic heterocycles. The summed E-state index contributed by atoms with van der Waals surface area (Å²) in [5.74, 6) is 0.370. The van der Waals surface area contributed by atoms with Gasteiger partial charge in [0.15, 0.2) is 0 Å². The van der Waals surface area contributed by atoms with Crippen LogP contribution < -0.4 is 20.1 Å². The first kappa shape index (κ1) is 18.3. The van der Waals surface area contributed by atoms with Crippen LogP contribution in [0.4, 0.5) is 0 Å². The van der Waals surface area contributed by atoms with E-state index in [1.807, 2.05) is 6.92 Å². The second-order valence-corrected chi connectivity index (χ2v) is 5.47. The van der Waals surface area contributed by atoms with Crippen LogP contribution >= 0.6 is 15.9 Å². The molecule has 2 amide bonds.